The molecule has 3 atom stereocenters. The molecule has 1 amide bonds. The lowest BCUT2D eigenvalue weighted by molar-refractivity contribution is -0.337. The van der Waals surface area contributed by atoms with Gasteiger partial charge in [-0.15, -0.1) is 0 Å². The predicted octanol–water partition coefficient (Wildman–Crippen LogP) is 3.14. The molecular formula is C35H37N5O7. The van der Waals surface area contributed by atoms with Gasteiger partial charge < -0.3 is 24.4 Å². The maximum Gasteiger partial charge on any atom is 0.280 e. The Morgan fingerprint density at radius 1 is 0.979 bits per heavy atom. The molecule has 0 spiro atoms. The molecule has 1 saturated heterocycles. The molecule has 4 N–H and O–H groups in total. The van der Waals surface area contributed by atoms with E-state index >= 15 is 0 Å². The van der Waals surface area contributed by atoms with Gasteiger partial charge in [0.15, 0.2) is 11.2 Å². The summed E-state index contributed by atoms with van der Waals surface area (Å²) >= 11 is 0. The number of carbonyl (C=O) groups is 1. The van der Waals surface area contributed by atoms with E-state index in [-0.39, 0.29) is 23.0 Å². The largest absolute Gasteiger partial charge is 0.394 e. The normalized spacial score (nSPS) is 20.9. The molecule has 0 aliphatic carbocycles. The molecule has 0 unspecified atom stereocenters. The minimum atomic E-state index is -2.08. The van der Waals surface area contributed by atoms with E-state index in [2.05, 4.69) is 15.3 Å². The summed E-state index contributed by atoms with van der Waals surface area (Å²) in [5, 5.41) is 25.4. The Kier molecular flexibility index (Phi) is 8.55. The van der Waals surface area contributed by atoms with Crippen LogP contribution < -0.4 is 10.9 Å². The highest BCUT2D eigenvalue weighted by atomic mass is 16.7. The van der Waals surface area contributed by atoms with Crippen molar-refractivity contribution in [3.8, 4) is 0 Å². The van der Waals surface area contributed by atoms with Crippen molar-refractivity contribution in [1.82, 2.24) is 19.5 Å². The number of hydrogen-bond donors (Lipinski definition) is 4. The molecule has 5 aromatic rings. The molecule has 0 radical (unpaired) electrons. The van der Waals surface area contributed by atoms with Gasteiger partial charge >= 0.3 is 0 Å². The Morgan fingerprint density at radius 3 is 1.94 bits per heavy atom. The zero-order chi connectivity index (χ0) is 33.4. The van der Waals surface area contributed by atoms with Gasteiger partial charge in [-0.1, -0.05) is 105 Å². The molecule has 12 heteroatoms. The first-order valence-electron chi connectivity index (χ1n) is 15.2. The van der Waals surface area contributed by atoms with Crippen LogP contribution in [0.5, 0.6) is 0 Å². The molecule has 1 aliphatic heterocycles. The third kappa shape index (κ3) is 4.63. The minimum absolute atomic E-state index is 0.00393. The van der Waals surface area contributed by atoms with Crippen molar-refractivity contribution in [1.29, 1.82) is 0 Å². The number of methoxy groups -OCH3 is 2. The number of aliphatic hydroxyl groups is 2. The number of aromatic amines is 1. The van der Waals surface area contributed by atoms with E-state index in [1.807, 2.05) is 91.0 Å². The summed E-state index contributed by atoms with van der Waals surface area (Å²) in [6.45, 7) is 2.82. The van der Waals surface area contributed by atoms with Crippen LogP contribution in [0.25, 0.3) is 11.2 Å². The lowest BCUT2D eigenvalue weighted by Crippen LogP contribution is -2.69. The Labute approximate surface area is 271 Å². The summed E-state index contributed by atoms with van der Waals surface area (Å²) in [6, 6.07) is 28.5. The molecule has 12 nitrogen and oxygen atoms in total. The number of amides is 1. The molecule has 1 fully saturated rings. The van der Waals surface area contributed by atoms with E-state index in [1.165, 1.54) is 25.1 Å². The fraction of sp³-hybridized carbons (Fsp3) is 0.314. The van der Waals surface area contributed by atoms with Crippen LogP contribution in [0.4, 0.5) is 5.95 Å². The van der Waals surface area contributed by atoms with Crippen LogP contribution in [0.1, 0.15) is 30.5 Å². The van der Waals surface area contributed by atoms with Gasteiger partial charge in [0.2, 0.25) is 23.4 Å². The van der Waals surface area contributed by atoms with Crippen molar-refractivity contribution in [2.24, 2.45) is 5.92 Å². The number of fused-ring (bicyclic) bond motifs is 1. The maximum absolute atomic E-state index is 13.5. The topological polar surface area (TPSA) is 161 Å². The zero-order valence-corrected chi connectivity index (χ0v) is 26.5. The molecule has 3 aromatic carbocycles. The van der Waals surface area contributed by atoms with Crippen molar-refractivity contribution < 1.29 is 29.2 Å². The number of aromatic nitrogens is 4. The first-order chi connectivity index (χ1) is 22.7. The second-order valence-corrected chi connectivity index (χ2v) is 11.7. The van der Waals surface area contributed by atoms with Crippen molar-refractivity contribution in [2.75, 3.05) is 26.1 Å². The van der Waals surface area contributed by atoms with E-state index in [1.54, 1.807) is 13.8 Å². The number of imidazole rings is 1. The Balaban J connectivity index is 1.86. The quantitative estimate of drug-likeness (QED) is 0.133. The number of hydrogen-bond acceptors (Lipinski definition) is 9. The van der Waals surface area contributed by atoms with Crippen LogP contribution in [0.15, 0.2) is 102 Å². The van der Waals surface area contributed by atoms with E-state index in [0.29, 0.717) is 16.7 Å². The van der Waals surface area contributed by atoms with Gasteiger partial charge in [-0.2, -0.15) is 4.98 Å². The zero-order valence-electron chi connectivity index (χ0n) is 26.5. The second kappa shape index (κ2) is 12.5. The van der Waals surface area contributed by atoms with Gasteiger partial charge in [0, 0.05) is 20.1 Å². The number of nitrogens with zero attached hydrogens (tertiary/aromatic N) is 3. The lowest BCUT2D eigenvalue weighted by Gasteiger charge is -2.55. The molecule has 6 rings (SSSR count). The molecule has 2 aromatic heterocycles. The average Bonchev–Trinajstić information content (AvgIpc) is 3.64. The first kappa shape index (κ1) is 32.2. The Morgan fingerprint density at radius 2 is 1.49 bits per heavy atom. The van der Waals surface area contributed by atoms with Gasteiger partial charge in [0.05, 0.1) is 18.3 Å². The standard InChI is InChI=1S/C35H37N5O7/c1-22(2)30(43)38-32-37-29-27(31(44)39-32)36-21-40(29)35(34(45-3,46-4)28(42)26(20-41)47-35)33(23-14-8-5-9-15-23,24-16-10-6-11-17-24)25-18-12-7-13-19-25/h5-19,21-22,26,28,41-42H,20H2,1-4H3,(H2,37,38,39,43,44)/t26-,28-,35-/m1/s1. The smallest absolute Gasteiger partial charge is 0.280 e. The number of H-pyrrole nitrogens is 1. The van der Waals surface area contributed by atoms with E-state index < -0.39 is 47.2 Å². The molecule has 0 saturated carbocycles. The summed E-state index contributed by atoms with van der Waals surface area (Å²) < 4.78 is 21.1. The van der Waals surface area contributed by atoms with E-state index in [0.717, 1.165) is 0 Å². The number of ether oxygens (including phenoxy) is 3. The van der Waals surface area contributed by atoms with E-state index in [9.17, 15) is 19.8 Å². The summed E-state index contributed by atoms with van der Waals surface area (Å²) in [4.78, 5) is 38.0. The summed E-state index contributed by atoms with van der Waals surface area (Å²) in [6.07, 6.45) is -1.44. The van der Waals surface area contributed by atoms with E-state index in [4.69, 9.17) is 19.2 Å². The molecule has 0 bridgehead atoms. The second-order valence-electron chi connectivity index (χ2n) is 11.7. The van der Waals surface area contributed by atoms with Crippen LogP contribution in [-0.2, 0) is 30.1 Å². The van der Waals surface area contributed by atoms with Crippen LogP contribution >= 0.6 is 0 Å². The third-order valence-electron chi connectivity index (χ3n) is 8.96. The van der Waals surface area contributed by atoms with Crippen molar-refractivity contribution >= 4 is 23.0 Å². The van der Waals surface area contributed by atoms with Crippen molar-refractivity contribution in [3.63, 3.8) is 0 Å². The number of benzene rings is 3. The molecule has 47 heavy (non-hydrogen) atoms. The lowest BCUT2D eigenvalue weighted by atomic mass is 9.59. The number of aliphatic hydroxyl groups excluding tert-OH is 2. The fourth-order valence-electron chi connectivity index (χ4n) is 6.92. The van der Waals surface area contributed by atoms with Crippen molar-refractivity contribution in [3.05, 3.63) is 124 Å². The summed E-state index contributed by atoms with van der Waals surface area (Å²) in [5.41, 5.74) is -2.09. The number of anilines is 1. The predicted molar refractivity (Wildman–Crippen MR) is 174 cm³/mol. The minimum Gasteiger partial charge on any atom is -0.394 e. The van der Waals surface area contributed by atoms with Crippen LogP contribution in [-0.4, -0.2) is 74.5 Å². The van der Waals surface area contributed by atoms with Gasteiger partial charge in [0.1, 0.15) is 12.2 Å². The average molecular weight is 640 g/mol. The molecular weight excluding hydrogens is 602 g/mol. The highest BCUT2D eigenvalue weighted by molar-refractivity contribution is 5.91. The summed E-state index contributed by atoms with van der Waals surface area (Å²) in [5.74, 6) is -2.96. The molecule has 3 heterocycles. The van der Waals surface area contributed by atoms with Gasteiger partial charge in [-0.25, -0.2) is 4.98 Å². The fourth-order valence-corrected chi connectivity index (χ4v) is 6.92. The highest BCUT2D eigenvalue weighted by Crippen LogP contribution is 2.62. The van der Waals surface area contributed by atoms with Gasteiger partial charge in [0.25, 0.3) is 5.56 Å². The summed E-state index contributed by atoms with van der Waals surface area (Å²) in [7, 11) is 2.76. The monoisotopic (exact) mass is 639 g/mol. The highest BCUT2D eigenvalue weighted by Gasteiger charge is 2.78. The van der Waals surface area contributed by atoms with Gasteiger partial charge in [-0.05, 0) is 16.7 Å². The Hall–Kier alpha value is -4.72. The molecule has 1 aliphatic rings. The SMILES string of the molecule is COC1(OC)[C@H](O)[C@@H](CO)O[C@]1(n1cnc2c(=O)[nH]c(NC(=O)C(C)C)nc21)C(c1ccccc1)(c1ccccc1)c1ccccc1. The first-order valence-corrected chi connectivity index (χ1v) is 15.2. The van der Waals surface area contributed by atoms with Gasteiger partial charge in [-0.3, -0.25) is 24.5 Å². The van der Waals surface area contributed by atoms with Crippen molar-refractivity contribution in [2.45, 2.75) is 43.0 Å². The maximum atomic E-state index is 13.5. The Bertz CT molecular complexity index is 1810. The number of nitrogens with one attached hydrogen (secondary N) is 2. The number of carbonyl (C=O) groups excluding carboxylic acids is 1. The van der Waals surface area contributed by atoms with Crippen LogP contribution in [0.3, 0.4) is 0 Å². The van der Waals surface area contributed by atoms with Crippen LogP contribution in [0, 0.1) is 5.92 Å². The number of rotatable bonds is 10. The third-order valence-corrected chi connectivity index (χ3v) is 8.96. The van der Waals surface area contributed by atoms with Crippen LogP contribution in [0.2, 0.25) is 0 Å². The molecule has 244 valence electrons.